The van der Waals surface area contributed by atoms with Gasteiger partial charge in [0.2, 0.25) is 0 Å². The molecule has 0 unspecified atom stereocenters. The molecule has 10 aromatic rings. The van der Waals surface area contributed by atoms with Crippen molar-refractivity contribution in [2.24, 2.45) is 0 Å². The fraction of sp³-hybridized carbons (Fsp3) is 0. The maximum atomic E-state index is 6.37. The van der Waals surface area contributed by atoms with Gasteiger partial charge in [0, 0.05) is 38.0 Å². The SMILES string of the molecule is c1ccc(-n2c3ccc4c5ccccc5n(-c5cccc6oc7ccccc7c56)c4c3c3ccc4ccccc4c32)cc1. The Morgan fingerprint density at radius 3 is 2.00 bits per heavy atom. The second-order valence-electron chi connectivity index (χ2n) is 11.3. The van der Waals surface area contributed by atoms with Crippen LogP contribution in [0.5, 0.6) is 0 Å². The fourth-order valence-corrected chi connectivity index (χ4v) is 7.35. The normalized spacial score (nSPS) is 12.2. The number of para-hydroxylation sites is 3. The molecular formula is C40H24N2O. The predicted molar refractivity (Wildman–Crippen MR) is 180 cm³/mol. The van der Waals surface area contributed by atoms with Crippen LogP contribution in [0.3, 0.4) is 0 Å². The zero-order valence-corrected chi connectivity index (χ0v) is 23.2. The zero-order valence-electron chi connectivity index (χ0n) is 23.2. The molecule has 0 atom stereocenters. The Bertz CT molecular complexity index is 2720. The van der Waals surface area contributed by atoms with E-state index in [4.69, 9.17) is 4.42 Å². The molecule has 3 nitrogen and oxygen atoms in total. The Hall–Kier alpha value is -5.80. The van der Waals surface area contributed by atoms with Crippen molar-refractivity contribution in [2.75, 3.05) is 0 Å². The summed E-state index contributed by atoms with van der Waals surface area (Å²) in [5.74, 6) is 0. The van der Waals surface area contributed by atoms with Gasteiger partial charge in [-0.2, -0.15) is 0 Å². The highest BCUT2D eigenvalue weighted by Gasteiger charge is 2.23. The molecule has 0 N–H and O–H groups in total. The minimum Gasteiger partial charge on any atom is -0.456 e. The highest BCUT2D eigenvalue weighted by atomic mass is 16.3. The number of aromatic nitrogens is 2. The van der Waals surface area contributed by atoms with Crippen LogP contribution < -0.4 is 0 Å². The summed E-state index contributed by atoms with van der Waals surface area (Å²) >= 11 is 0. The molecule has 3 aromatic heterocycles. The van der Waals surface area contributed by atoms with E-state index in [1.54, 1.807) is 0 Å². The molecule has 3 heterocycles. The van der Waals surface area contributed by atoms with Crippen LogP contribution in [0.1, 0.15) is 0 Å². The molecule has 0 saturated heterocycles. The molecule has 0 radical (unpaired) electrons. The van der Waals surface area contributed by atoms with Gasteiger partial charge in [-0.3, -0.25) is 0 Å². The lowest BCUT2D eigenvalue weighted by Gasteiger charge is -2.11. The molecule has 0 aliphatic rings. The number of hydrogen-bond donors (Lipinski definition) is 0. The summed E-state index contributed by atoms with van der Waals surface area (Å²) in [6.07, 6.45) is 0. The highest BCUT2D eigenvalue weighted by molar-refractivity contribution is 6.29. The summed E-state index contributed by atoms with van der Waals surface area (Å²) < 4.78 is 11.3. The predicted octanol–water partition coefficient (Wildman–Crippen LogP) is 10.9. The van der Waals surface area contributed by atoms with Crippen LogP contribution in [0.2, 0.25) is 0 Å². The van der Waals surface area contributed by atoms with E-state index in [1.807, 2.05) is 6.07 Å². The number of furan rings is 1. The van der Waals surface area contributed by atoms with Crippen LogP contribution in [-0.4, -0.2) is 9.13 Å². The first-order valence-corrected chi connectivity index (χ1v) is 14.7. The van der Waals surface area contributed by atoms with E-state index in [0.717, 1.165) is 33.3 Å². The van der Waals surface area contributed by atoms with Gasteiger partial charge in [-0.1, -0.05) is 103 Å². The van der Waals surface area contributed by atoms with Crippen LogP contribution in [0.25, 0.3) is 87.7 Å². The summed E-state index contributed by atoms with van der Waals surface area (Å²) in [6, 6.07) is 52.2. The maximum absolute atomic E-state index is 6.37. The van der Waals surface area contributed by atoms with Crippen molar-refractivity contribution in [1.82, 2.24) is 9.13 Å². The minimum atomic E-state index is 0.898. The van der Waals surface area contributed by atoms with Crippen molar-refractivity contribution in [3.05, 3.63) is 146 Å². The quantitative estimate of drug-likeness (QED) is 0.211. The number of rotatable bonds is 2. The van der Waals surface area contributed by atoms with Gasteiger partial charge in [-0.25, -0.2) is 0 Å². The number of fused-ring (bicyclic) bond motifs is 12. The van der Waals surface area contributed by atoms with E-state index in [0.29, 0.717) is 0 Å². The first kappa shape index (κ1) is 22.8. The van der Waals surface area contributed by atoms with E-state index < -0.39 is 0 Å². The van der Waals surface area contributed by atoms with E-state index in [9.17, 15) is 0 Å². The van der Waals surface area contributed by atoms with Crippen LogP contribution in [0.4, 0.5) is 0 Å². The Labute approximate surface area is 246 Å². The molecule has 0 aliphatic carbocycles. The minimum absolute atomic E-state index is 0.898. The third-order valence-electron chi connectivity index (χ3n) is 9.08. The third-order valence-corrected chi connectivity index (χ3v) is 9.08. The highest BCUT2D eigenvalue weighted by Crippen LogP contribution is 2.45. The van der Waals surface area contributed by atoms with Gasteiger partial charge in [-0.15, -0.1) is 0 Å². The van der Waals surface area contributed by atoms with Gasteiger partial charge < -0.3 is 13.6 Å². The smallest absolute Gasteiger partial charge is 0.137 e. The summed E-state index contributed by atoms with van der Waals surface area (Å²) in [5.41, 5.74) is 8.91. The van der Waals surface area contributed by atoms with Crippen LogP contribution in [-0.2, 0) is 0 Å². The second-order valence-corrected chi connectivity index (χ2v) is 11.3. The molecule has 3 heteroatoms. The van der Waals surface area contributed by atoms with E-state index >= 15 is 0 Å². The monoisotopic (exact) mass is 548 g/mol. The first-order valence-electron chi connectivity index (χ1n) is 14.7. The largest absolute Gasteiger partial charge is 0.456 e. The van der Waals surface area contributed by atoms with Crippen molar-refractivity contribution >= 4 is 76.3 Å². The van der Waals surface area contributed by atoms with E-state index in [1.165, 1.54) is 54.4 Å². The molecule has 0 saturated carbocycles. The molecule has 0 fully saturated rings. The Morgan fingerprint density at radius 1 is 0.372 bits per heavy atom. The Morgan fingerprint density at radius 2 is 1.09 bits per heavy atom. The van der Waals surface area contributed by atoms with Gasteiger partial charge in [-0.05, 0) is 47.9 Å². The Kier molecular flexibility index (Phi) is 4.45. The van der Waals surface area contributed by atoms with Gasteiger partial charge >= 0.3 is 0 Å². The lowest BCUT2D eigenvalue weighted by atomic mass is 10.0. The maximum Gasteiger partial charge on any atom is 0.137 e. The first-order chi connectivity index (χ1) is 21.4. The average molecular weight is 549 g/mol. The number of hydrogen-bond acceptors (Lipinski definition) is 1. The van der Waals surface area contributed by atoms with Crippen molar-refractivity contribution in [3.8, 4) is 11.4 Å². The molecule has 0 aliphatic heterocycles. The standard InChI is InChI=1S/C40H24N2O/c1-2-12-26(13-3-1)41-34-24-23-29-28-15-6-8-17-32(28)42(33-18-10-20-36-37(33)30-16-7-9-19-35(30)43-36)40(29)38(34)31-22-21-25-11-4-5-14-27(25)39(31)41/h1-24H. The summed E-state index contributed by atoms with van der Waals surface area (Å²) in [7, 11) is 0. The van der Waals surface area contributed by atoms with Gasteiger partial charge in [0.15, 0.2) is 0 Å². The topological polar surface area (TPSA) is 23.0 Å². The van der Waals surface area contributed by atoms with Crippen molar-refractivity contribution < 1.29 is 4.42 Å². The van der Waals surface area contributed by atoms with Crippen LogP contribution >= 0.6 is 0 Å². The van der Waals surface area contributed by atoms with Crippen molar-refractivity contribution in [2.45, 2.75) is 0 Å². The summed E-state index contributed by atoms with van der Waals surface area (Å²) in [6.45, 7) is 0. The Balaban J connectivity index is 1.49. The van der Waals surface area contributed by atoms with E-state index in [-0.39, 0.29) is 0 Å². The molecule has 0 spiro atoms. The summed E-state index contributed by atoms with van der Waals surface area (Å²) in [4.78, 5) is 0. The molecule has 0 bridgehead atoms. The van der Waals surface area contributed by atoms with Crippen LogP contribution in [0.15, 0.2) is 150 Å². The van der Waals surface area contributed by atoms with Gasteiger partial charge in [0.1, 0.15) is 11.2 Å². The fourth-order valence-electron chi connectivity index (χ4n) is 7.35. The second kappa shape index (κ2) is 8.37. The average Bonchev–Trinajstić information content (AvgIpc) is 3.73. The number of benzene rings is 7. The molecule has 0 amide bonds. The van der Waals surface area contributed by atoms with Gasteiger partial charge in [0.05, 0.1) is 33.1 Å². The molecule has 43 heavy (non-hydrogen) atoms. The lowest BCUT2D eigenvalue weighted by Crippen LogP contribution is -1.96. The van der Waals surface area contributed by atoms with Gasteiger partial charge in [0.25, 0.3) is 0 Å². The van der Waals surface area contributed by atoms with Crippen molar-refractivity contribution in [3.63, 3.8) is 0 Å². The lowest BCUT2D eigenvalue weighted by molar-refractivity contribution is 0.669. The molecule has 200 valence electrons. The van der Waals surface area contributed by atoms with Crippen molar-refractivity contribution in [1.29, 1.82) is 0 Å². The molecular weight excluding hydrogens is 524 g/mol. The summed E-state index contributed by atoms with van der Waals surface area (Å²) in [5, 5.41) is 9.73. The molecule has 7 aromatic carbocycles. The molecule has 10 rings (SSSR count). The van der Waals surface area contributed by atoms with E-state index in [2.05, 4.69) is 149 Å². The number of nitrogens with zero attached hydrogens (tertiary/aromatic N) is 2. The third kappa shape index (κ3) is 2.98. The zero-order chi connectivity index (χ0) is 28.1. The van der Waals surface area contributed by atoms with Crippen LogP contribution in [0, 0.1) is 0 Å².